The fourth-order valence-electron chi connectivity index (χ4n) is 0.211. The summed E-state index contributed by atoms with van der Waals surface area (Å²) in [5.74, 6) is -0.398. The zero-order valence-corrected chi connectivity index (χ0v) is 7.57. The maximum atomic E-state index is 10.2. The molecule has 0 aromatic heterocycles. The molecule has 5 heteroatoms. The number of halogens is 2. The first-order valence-electron chi connectivity index (χ1n) is 2.81. The summed E-state index contributed by atoms with van der Waals surface area (Å²) in [6, 6.07) is 0. The van der Waals surface area contributed by atoms with Gasteiger partial charge in [0.05, 0.1) is 11.9 Å². The topological polar surface area (TPSA) is 52.3 Å². The fraction of sp³-hybridized carbons (Fsp3) is 0.500. The van der Waals surface area contributed by atoms with Gasteiger partial charge in [0.1, 0.15) is 6.61 Å². The van der Waals surface area contributed by atoms with Gasteiger partial charge < -0.3 is 10.5 Å². The van der Waals surface area contributed by atoms with Gasteiger partial charge in [-0.05, 0) is 0 Å². The molecule has 0 aliphatic rings. The van der Waals surface area contributed by atoms with E-state index < -0.39 is 5.97 Å². The third kappa shape index (κ3) is 17.7. The SMILES string of the molecule is C=CCOC(=O)CN.ClCCl. The zero-order chi connectivity index (χ0) is 9.11. The average molecular weight is 200 g/mol. The number of alkyl halides is 2. The van der Waals surface area contributed by atoms with E-state index in [1.54, 1.807) is 0 Å². The zero-order valence-electron chi connectivity index (χ0n) is 6.06. The van der Waals surface area contributed by atoms with Gasteiger partial charge in [0.15, 0.2) is 0 Å². The van der Waals surface area contributed by atoms with Crippen molar-refractivity contribution in [2.45, 2.75) is 0 Å². The molecule has 0 saturated carbocycles. The van der Waals surface area contributed by atoms with Crippen LogP contribution in [0.5, 0.6) is 0 Å². The Balaban J connectivity index is 0. The van der Waals surface area contributed by atoms with E-state index in [1.807, 2.05) is 0 Å². The van der Waals surface area contributed by atoms with E-state index >= 15 is 0 Å². The van der Waals surface area contributed by atoms with Crippen LogP contribution in [0.15, 0.2) is 12.7 Å². The van der Waals surface area contributed by atoms with Crippen LogP contribution in [-0.2, 0) is 9.53 Å². The molecule has 11 heavy (non-hydrogen) atoms. The van der Waals surface area contributed by atoms with Gasteiger partial charge >= 0.3 is 5.97 Å². The van der Waals surface area contributed by atoms with Crippen molar-refractivity contribution in [1.82, 2.24) is 0 Å². The molecule has 0 aliphatic heterocycles. The number of rotatable bonds is 3. The molecule has 0 fully saturated rings. The van der Waals surface area contributed by atoms with Crippen LogP contribution in [0.3, 0.4) is 0 Å². The molecule has 0 amide bonds. The Hall–Kier alpha value is -0.250. The summed E-state index contributed by atoms with van der Waals surface area (Å²) in [5, 5.41) is 0.194. The van der Waals surface area contributed by atoms with E-state index in [2.05, 4.69) is 11.3 Å². The minimum absolute atomic E-state index is 0.0617. The van der Waals surface area contributed by atoms with Gasteiger partial charge in [-0.1, -0.05) is 12.7 Å². The van der Waals surface area contributed by atoms with Gasteiger partial charge in [0.2, 0.25) is 0 Å². The van der Waals surface area contributed by atoms with E-state index in [9.17, 15) is 4.79 Å². The minimum Gasteiger partial charge on any atom is -0.461 e. The van der Waals surface area contributed by atoms with Crippen molar-refractivity contribution in [3.8, 4) is 0 Å². The molecular weight excluding hydrogens is 189 g/mol. The number of ether oxygens (including phenoxy) is 1. The Morgan fingerprint density at radius 3 is 2.36 bits per heavy atom. The molecule has 0 unspecified atom stereocenters. The molecular formula is C6H11Cl2NO2. The van der Waals surface area contributed by atoms with E-state index in [1.165, 1.54) is 6.08 Å². The maximum Gasteiger partial charge on any atom is 0.320 e. The molecule has 2 N–H and O–H groups in total. The standard InChI is InChI=1S/C5H9NO2.CH2Cl2/c1-2-3-8-5(7)4-6;2-1-3/h2H,1,3-4,6H2;1H2. The molecule has 0 spiro atoms. The van der Waals surface area contributed by atoms with Crippen molar-refractivity contribution >= 4 is 29.2 Å². The lowest BCUT2D eigenvalue weighted by Gasteiger charge is -1.94. The van der Waals surface area contributed by atoms with Crippen LogP contribution in [-0.4, -0.2) is 24.5 Å². The first kappa shape index (κ1) is 13.3. The predicted molar refractivity (Wildman–Crippen MR) is 46.8 cm³/mol. The first-order chi connectivity index (χ1) is 5.22. The third-order valence-electron chi connectivity index (χ3n) is 0.529. The normalized spacial score (nSPS) is 7.55. The Labute approximate surface area is 76.1 Å². The van der Waals surface area contributed by atoms with Gasteiger partial charge in [0.25, 0.3) is 0 Å². The van der Waals surface area contributed by atoms with Crippen LogP contribution in [0.2, 0.25) is 0 Å². The Morgan fingerprint density at radius 1 is 1.64 bits per heavy atom. The quantitative estimate of drug-likeness (QED) is 0.421. The van der Waals surface area contributed by atoms with Gasteiger partial charge in [-0.15, -0.1) is 23.2 Å². The molecule has 0 heterocycles. The van der Waals surface area contributed by atoms with Gasteiger partial charge in [-0.2, -0.15) is 0 Å². The molecule has 0 bridgehead atoms. The molecule has 0 radical (unpaired) electrons. The lowest BCUT2D eigenvalue weighted by molar-refractivity contribution is -0.140. The number of nitrogens with two attached hydrogens (primary N) is 1. The smallest absolute Gasteiger partial charge is 0.320 e. The summed E-state index contributed by atoms with van der Waals surface area (Å²) < 4.78 is 4.46. The molecule has 0 atom stereocenters. The van der Waals surface area contributed by atoms with Crippen LogP contribution in [0.4, 0.5) is 0 Å². The number of carbonyl (C=O) groups excluding carboxylic acids is 1. The van der Waals surface area contributed by atoms with E-state index in [0.717, 1.165) is 0 Å². The molecule has 3 nitrogen and oxygen atoms in total. The van der Waals surface area contributed by atoms with E-state index in [-0.39, 0.29) is 18.5 Å². The minimum atomic E-state index is -0.398. The summed E-state index contributed by atoms with van der Waals surface area (Å²) >= 11 is 9.53. The van der Waals surface area contributed by atoms with Crippen LogP contribution >= 0.6 is 23.2 Å². The highest BCUT2D eigenvalue weighted by molar-refractivity contribution is 6.40. The average Bonchev–Trinajstić information content (AvgIpc) is 2.02. The molecule has 66 valence electrons. The summed E-state index contributed by atoms with van der Waals surface area (Å²) in [7, 11) is 0. The molecule has 0 aromatic rings. The van der Waals surface area contributed by atoms with Crippen molar-refractivity contribution in [3.05, 3.63) is 12.7 Å². The number of esters is 1. The largest absolute Gasteiger partial charge is 0.461 e. The third-order valence-corrected chi connectivity index (χ3v) is 0.529. The van der Waals surface area contributed by atoms with Crippen molar-refractivity contribution in [3.63, 3.8) is 0 Å². The summed E-state index contributed by atoms with van der Waals surface area (Å²) in [5.41, 5.74) is 4.90. The Kier molecular flexibility index (Phi) is 15.1. The fourth-order valence-corrected chi connectivity index (χ4v) is 0.211. The van der Waals surface area contributed by atoms with Gasteiger partial charge in [0, 0.05) is 0 Å². The second-order valence-corrected chi connectivity index (χ2v) is 2.08. The van der Waals surface area contributed by atoms with Crippen molar-refractivity contribution in [1.29, 1.82) is 0 Å². The molecule has 0 saturated heterocycles. The van der Waals surface area contributed by atoms with Gasteiger partial charge in [-0.3, -0.25) is 4.79 Å². The van der Waals surface area contributed by atoms with Crippen LogP contribution < -0.4 is 5.73 Å². The summed E-state index contributed by atoms with van der Waals surface area (Å²) in [4.78, 5) is 10.2. The second-order valence-electron chi connectivity index (χ2n) is 1.28. The van der Waals surface area contributed by atoms with Crippen LogP contribution in [0, 0.1) is 0 Å². The van der Waals surface area contributed by atoms with Crippen molar-refractivity contribution in [2.24, 2.45) is 5.73 Å². The molecule has 0 aliphatic carbocycles. The van der Waals surface area contributed by atoms with E-state index in [4.69, 9.17) is 28.9 Å². The maximum absolute atomic E-state index is 10.2. The lowest BCUT2D eigenvalue weighted by atomic mass is 10.6. The van der Waals surface area contributed by atoms with Gasteiger partial charge in [-0.25, -0.2) is 0 Å². The Bertz CT molecular complexity index is 109. The van der Waals surface area contributed by atoms with Crippen LogP contribution in [0.25, 0.3) is 0 Å². The first-order valence-corrected chi connectivity index (χ1v) is 3.88. The lowest BCUT2D eigenvalue weighted by Crippen LogP contribution is -2.16. The summed E-state index contributed by atoms with van der Waals surface area (Å²) in [6.45, 7) is 3.53. The number of carbonyl (C=O) groups is 1. The highest BCUT2D eigenvalue weighted by Crippen LogP contribution is 1.73. The molecule has 0 rings (SSSR count). The highest BCUT2D eigenvalue weighted by Gasteiger charge is 1.92. The Morgan fingerprint density at radius 2 is 2.09 bits per heavy atom. The number of hydrogen-bond donors (Lipinski definition) is 1. The second kappa shape index (κ2) is 12.4. The van der Waals surface area contributed by atoms with Crippen LogP contribution in [0.1, 0.15) is 0 Å². The summed E-state index contributed by atoms with van der Waals surface area (Å²) in [6.07, 6.45) is 1.49. The number of hydrogen-bond acceptors (Lipinski definition) is 3. The predicted octanol–water partition coefficient (Wildman–Crippen LogP) is 1.10. The molecule has 0 aromatic carbocycles. The van der Waals surface area contributed by atoms with Crippen molar-refractivity contribution in [2.75, 3.05) is 18.5 Å². The monoisotopic (exact) mass is 199 g/mol. The highest BCUT2D eigenvalue weighted by atomic mass is 35.5. The van der Waals surface area contributed by atoms with Crippen molar-refractivity contribution < 1.29 is 9.53 Å². The van der Waals surface area contributed by atoms with E-state index in [0.29, 0.717) is 0 Å².